The molecule has 4 rings (SSSR count). The van der Waals surface area contributed by atoms with Crippen molar-refractivity contribution in [3.8, 4) is 5.75 Å². The van der Waals surface area contributed by atoms with Gasteiger partial charge in [0.1, 0.15) is 5.75 Å². The number of halogens is 1. The monoisotopic (exact) mass is 372 g/mol. The standard InChI is InChI=1S/C20H21ClN2O3/c1-14-7-16(22-19(24)26-17-5-3-2-4-6-17)8-15(18(14)21)9-23-10-20(11-23)12-25-13-20/h2-8H,9-13H2,1H3,(H,22,24). The largest absolute Gasteiger partial charge is 0.417 e. The van der Waals surface area contributed by atoms with Crippen LogP contribution in [0.2, 0.25) is 5.02 Å². The van der Waals surface area contributed by atoms with Gasteiger partial charge in [-0.15, -0.1) is 0 Å². The summed E-state index contributed by atoms with van der Waals surface area (Å²) in [4.78, 5) is 14.5. The fourth-order valence-electron chi connectivity index (χ4n) is 3.60. The topological polar surface area (TPSA) is 50.8 Å². The summed E-state index contributed by atoms with van der Waals surface area (Å²) in [5.74, 6) is 0.504. The van der Waals surface area contributed by atoms with Gasteiger partial charge >= 0.3 is 6.09 Å². The van der Waals surface area contributed by atoms with Gasteiger partial charge in [-0.2, -0.15) is 0 Å². The van der Waals surface area contributed by atoms with Crippen molar-refractivity contribution >= 4 is 23.4 Å². The van der Waals surface area contributed by atoms with Crippen molar-refractivity contribution in [1.29, 1.82) is 0 Å². The van der Waals surface area contributed by atoms with Crippen LogP contribution >= 0.6 is 11.6 Å². The second-order valence-electron chi connectivity index (χ2n) is 7.23. The number of ether oxygens (including phenoxy) is 2. The van der Waals surface area contributed by atoms with E-state index in [-0.39, 0.29) is 0 Å². The van der Waals surface area contributed by atoms with E-state index in [0.29, 0.717) is 16.9 Å². The van der Waals surface area contributed by atoms with Crippen molar-refractivity contribution in [3.63, 3.8) is 0 Å². The quantitative estimate of drug-likeness (QED) is 0.878. The molecule has 2 heterocycles. The Hall–Kier alpha value is -2.08. The highest BCUT2D eigenvalue weighted by atomic mass is 35.5. The molecular formula is C20H21ClN2O3. The predicted molar refractivity (Wildman–Crippen MR) is 101 cm³/mol. The highest BCUT2D eigenvalue weighted by molar-refractivity contribution is 6.32. The van der Waals surface area contributed by atoms with Crippen LogP contribution in [0.1, 0.15) is 11.1 Å². The van der Waals surface area contributed by atoms with Crippen LogP contribution in [0.25, 0.3) is 0 Å². The van der Waals surface area contributed by atoms with E-state index in [2.05, 4.69) is 10.2 Å². The molecule has 2 aromatic rings. The van der Waals surface area contributed by atoms with E-state index >= 15 is 0 Å². The number of benzene rings is 2. The number of carbonyl (C=O) groups is 1. The third-order valence-electron chi connectivity index (χ3n) is 4.86. The number of nitrogens with zero attached hydrogens (tertiary/aromatic N) is 1. The fraction of sp³-hybridized carbons (Fsp3) is 0.350. The molecule has 136 valence electrons. The molecule has 2 saturated heterocycles. The number of hydrogen-bond donors (Lipinski definition) is 1. The number of anilines is 1. The van der Waals surface area contributed by atoms with Gasteiger partial charge in [0.05, 0.1) is 13.2 Å². The first-order valence-electron chi connectivity index (χ1n) is 8.66. The summed E-state index contributed by atoms with van der Waals surface area (Å²) in [5, 5.41) is 3.54. The molecule has 0 bridgehead atoms. The summed E-state index contributed by atoms with van der Waals surface area (Å²) in [6.07, 6.45) is -0.515. The molecule has 0 atom stereocenters. The van der Waals surface area contributed by atoms with Crippen LogP contribution in [0.15, 0.2) is 42.5 Å². The van der Waals surface area contributed by atoms with Crippen LogP contribution in [0.5, 0.6) is 5.75 Å². The Labute approximate surface area is 157 Å². The normalized spacial score (nSPS) is 18.1. The van der Waals surface area contributed by atoms with Gasteiger partial charge < -0.3 is 9.47 Å². The predicted octanol–water partition coefficient (Wildman–Crippen LogP) is 4.09. The third kappa shape index (κ3) is 3.56. The Balaban J connectivity index is 1.41. The van der Waals surface area contributed by atoms with Crippen LogP contribution < -0.4 is 10.1 Å². The van der Waals surface area contributed by atoms with Crippen LogP contribution in [0, 0.1) is 12.3 Å². The second-order valence-corrected chi connectivity index (χ2v) is 7.61. The molecule has 1 amide bonds. The Bertz CT molecular complexity index is 813. The van der Waals surface area contributed by atoms with Crippen molar-refractivity contribution in [2.45, 2.75) is 13.5 Å². The van der Waals surface area contributed by atoms with Crippen LogP contribution in [-0.4, -0.2) is 37.3 Å². The van der Waals surface area contributed by atoms with Crippen LogP contribution in [-0.2, 0) is 11.3 Å². The van der Waals surface area contributed by atoms with E-state index < -0.39 is 6.09 Å². The first-order valence-corrected chi connectivity index (χ1v) is 9.04. The zero-order chi connectivity index (χ0) is 18.1. The van der Waals surface area contributed by atoms with E-state index in [0.717, 1.165) is 49.0 Å². The van der Waals surface area contributed by atoms with Crippen LogP contribution in [0.4, 0.5) is 10.5 Å². The average molecular weight is 373 g/mol. The Morgan fingerprint density at radius 2 is 2.00 bits per heavy atom. The first-order chi connectivity index (χ1) is 12.5. The summed E-state index contributed by atoms with van der Waals surface area (Å²) in [5.41, 5.74) is 3.00. The van der Waals surface area contributed by atoms with Gasteiger partial charge in [0, 0.05) is 35.8 Å². The van der Waals surface area contributed by atoms with Gasteiger partial charge in [0.25, 0.3) is 0 Å². The van der Waals surface area contributed by atoms with Crippen molar-refractivity contribution in [2.75, 3.05) is 31.6 Å². The van der Waals surface area contributed by atoms with Gasteiger partial charge in [0.15, 0.2) is 0 Å². The van der Waals surface area contributed by atoms with Gasteiger partial charge in [-0.05, 0) is 42.3 Å². The van der Waals surface area contributed by atoms with E-state index in [4.69, 9.17) is 21.1 Å². The minimum absolute atomic E-state index is 0.372. The molecular weight excluding hydrogens is 352 g/mol. The fourth-order valence-corrected chi connectivity index (χ4v) is 3.77. The van der Waals surface area contributed by atoms with Gasteiger partial charge in [-0.1, -0.05) is 29.8 Å². The molecule has 1 spiro atoms. The molecule has 0 unspecified atom stereocenters. The SMILES string of the molecule is Cc1cc(NC(=O)Oc2ccccc2)cc(CN2CC3(COC3)C2)c1Cl. The van der Waals surface area contributed by atoms with Crippen molar-refractivity contribution in [2.24, 2.45) is 5.41 Å². The minimum atomic E-state index is -0.515. The van der Waals surface area contributed by atoms with E-state index in [1.54, 1.807) is 12.1 Å². The lowest BCUT2D eigenvalue weighted by molar-refractivity contribution is -0.191. The van der Waals surface area contributed by atoms with Crippen molar-refractivity contribution in [3.05, 3.63) is 58.6 Å². The number of nitrogens with one attached hydrogen (secondary N) is 1. The molecule has 0 saturated carbocycles. The Morgan fingerprint density at radius 1 is 1.27 bits per heavy atom. The number of hydrogen-bond acceptors (Lipinski definition) is 4. The molecule has 5 nitrogen and oxygen atoms in total. The highest BCUT2D eigenvalue weighted by Crippen LogP contribution is 2.39. The summed E-state index contributed by atoms with van der Waals surface area (Å²) < 4.78 is 10.6. The zero-order valence-electron chi connectivity index (χ0n) is 14.6. The summed E-state index contributed by atoms with van der Waals surface area (Å²) in [7, 11) is 0. The highest BCUT2D eigenvalue weighted by Gasteiger charge is 2.48. The maximum atomic E-state index is 12.1. The van der Waals surface area contributed by atoms with Gasteiger partial charge in [0.2, 0.25) is 0 Å². The van der Waals surface area contributed by atoms with E-state index in [1.807, 2.05) is 37.3 Å². The summed E-state index contributed by atoms with van der Waals surface area (Å²) in [6.45, 7) is 6.51. The lowest BCUT2D eigenvalue weighted by atomic mass is 9.78. The van der Waals surface area contributed by atoms with Crippen molar-refractivity contribution in [1.82, 2.24) is 4.90 Å². The number of amides is 1. The number of carbonyl (C=O) groups excluding carboxylic acids is 1. The number of likely N-dealkylation sites (tertiary alicyclic amines) is 1. The molecule has 1 N–H and O–H groups in total. The number of para-hydroxylation sites is 1. The van der Waals surface area contributed by atoms with Gasteiger partial charge in [-0.25, -0.2) is 4.79 Å². The molecule has 0 radical (unpaired) electrons. The molecule has 2 aliphatic rings. The maximum Gasteiger partial charge on any atom is 0.417 e. The molecule has 0 aromatic heterocycles. The number of aryl methyl sites for hydroxylation is 1. The maximum absolute atomic E-state index is 12.1. The molecule has 2 aromatic carbocycles. The van der Waals surface area contributed by atoms with E-state index in [1.165, 1.54) is 0 Å². The van der Waals surface area contributed by atoms with E-state index in [9.17, 15) is 4.79 Å². The Morgan fingerprint density at radius 3 is 2.65 bits per heavy atom. The smallest absolute Gasteiger partial charge is 0.410 e. The van der Waals surface area contributed by atoms with Gasteiger partial charge in [-0.3, -0.25) is 10.2 Å². The molecule has 0 aliphatic carbocycles. The molecule has 6 heteroatoms. The molecule has 2 fully saturated rings. The number of rotatable bonds is 4. The lowest BCUT2D eigenvalue weighted by Gasteiger charge is -2.55. The third-order valence-corrected chi connectivity index (χ3v) is 5.40. The zero-order valence-corrected chi connectivity index (χ0v) is 15.4. The lowest BCUT2D eigenvalue weighted by Crippen LogP contribution is -2.65. The van der Waals surface area contributed by atoms with Crippen LogP contribution in [0.3, 0.4) is 0 Å². The van der Waals surface area contributed by atoms with Crippen molar-refractivity contribution < 1.29 is 14.3 Å². The Kier molecular flexibility index (Phi) is 4.61. The molecule has 2 aliphatic heterocycles. The first kappa shape index (κ1) is 17.3. The summed E-state index contributed by atoms with van der Waals surface area (Å²) >= 11 is 6.48. The molecule has 26 heavy (non-hydrogen) atoms. The average Bonchev–Trinajstić information content (AvgIpc) is 2.53. The second kappa shape index (κ2) is 6.91. The minimum Gasteiger partial charge on any atom is -0.410 e. The summed E-state index contributed by atoms with van der Waals surface area (Å²) in [6, 6.07) is 12.8.